The van der Waals surface area contributed by atoms with Gasteiger partial charge in [0.2, 0.25) is 10.0 Å². The third-order valence-electron chi connectivity index (χ3n) is 3.79. The van der Waals surface area contributed by atoms with E-state index in [1.807, 2.05) is 13.8 Å². The van der Waals surface area contributed by atoms with Gasteiger partial charge < -0.3 is 15.4 Å². The molecule has 0 aliphatic heterocycles. The summed E-state index contributed by atoms with van der Waals surface area (Å²) in [7, 11) is -2.07. The monoisotopic (exact) mass is 401 g/mol. The molecule has 1 rings (SSSR count). The lowest BCUT2D eigenvalue weighted by Gasteiger charge is -2.18. The van der Waals surface area contributed by atoms with Crippen LogP contribution in [0.25, 0.3) is 0 Å². The molecule has 0 aliphatic rings. The number of methoxy groups -OCH3 is 1. The van der Waals surface area contributed by atoms with Gasteiger partial charge in [-0.25, -0.2) is 8.42 Å². The minimum absolute atomic E-state index is 0.245. The Morgan fingerprint density at radius 1 is 1.15 bits per heavy atom. The first-order valence-electron chi connectivity index (χ1n) is 8.52. The molecule has 9 heteroatoms. The molecule has 0 heterocycles. The van der Waals surface area contributed by atoms with Crippen molar-refractivity contribution in [2.24, 2.45) is 0 Å². The van der Waals surface area contributed by atoms with Crippen molar-refractivity contribution in [1.82, 2.24) is 14.9 Å². The Labute approximate surface area is 161 Å². The molecule has 0 bridgehead atoms. The highest BCUT2D eigenvalue weighted by Gasteiger charge is 2.21. The molecule has 146 valence electrons. The van der Waals surface area contributed by atoms with Crippen LogP contribution in [0.3, 0.4) is 0 Å². The van der Waals surface area contributed by atoms with Crippen molar-refractivity contribution in [3.05, 3.63) is 29.8 Å². The van der Waals surface area contributed by atoms with E-state index in [-0.39, 0.29) is 10.9 Å². The second-order valence-corrected chi connectivity index (χ2v) is 7.87. The number of carbonyl (C=O) groups excluding carboxylic acids is 1. The molecule has 0 saturated carbocycles. The van der Waals surface area contributed by atoms with Crippen LogP contribution in [-0.2, 0) is 26.1 Å². The molecule has 0 aliphatic carbocycles. The molecule has 0 saturated heterocycles. The highest BCUT2D eigenvalue weighted by molar-refractivity contribution is 7.89. The number of hydrogen-bond donors (Lipinski definition) is 2. The molecule has 1 aromatic rings. The molecule has 0 radical (unpaired) electrons. The molecule has 1 aromatic carbocycles. The summed E-state index contributed by atoms with van der Waals surface area (Å²) in [5, 5.41) is 6.54. The zero-order chi connectivity index (χ0) is 19.6. The molecule has 0 atom stereocenters. The minimum Gasteiger partial charge on any atom is -0.469 e. The lowest BCUT2D eigenvalue weighted by atomic mass is 10.2. The van der Waals surface area contributed by atoms with Crippen LogP contribution in [0.2, 0.25) is 0 Å². The Hall–Kier alpha value is -1.71. The van der Waals surface area contributed by atoms with Gasteiger partial charge in [-0.1, -0.05) is 26.0 Å². The lowest BCUT2D eigenvalue weighted by molar-refractivity contribution is -0.140. The summed E-state index contributed by atoms with van der Waals surface area (Å²) in [5.74, 6) is -0.245. The largest absolute Gasteiger partial charge is 0.469 e. The second-order valence-electron chi connectivity index (χ2n) is 5.52. The third kappa shape index (κ3) is 6.89. The van der Waals surface area contributed by atoms with Crippen LogP contribution in [0.1, 0.15) is 32.3 Å². The number of hydrogen-bond acceptors (Lipinski definition) is 5. The van der Waals surface area contributed by atoms with E-state index in [4.69, 9.17) is 12.2 Å². The summed E-state index contributed by atoms with van der Waals surface area (Å²) in [6.07, 6.45) is 0.973. The Bertz CT molecular complexity index is 686. The first-order chi connectivity index (χ1) is 12.3. The number of ether oxygens (including phenoxy) is 1. The predicted molar refractivity (Wildman–Crippen MR) is 105 cm³/mol. The zero-order valence-electron chi connectivity index (χ0n) is 15.4. The van der Waals surface area contributed by atoms with Gasteiger partial charge in [-0.05, 0) is 36.3 Å². The molecule has 7 nitrogen and oxygen atoms in total. The highest BCUT2D eigenvalue weighted by Crippen LogP contribution is 2.16. The number of sulfonamides is 1. The number of carbonyl (C=O) groups is 1. The topological polar surface area (TPSA) is 87.7 Å². The summed E-state index contributed by atoms with van der Waals surface area (Å²) in [6.45, 7) is 5.57. The van der Waals surface area contributed by atoms with Crippen LogP contribution in [0.5, 0.6) is 0 Å². The fourth-order valence-corrected chi connectivity index (χ4v) is 3.91. The number of rotatable bonds is 10. The molecular formula is C17H27N3O4S2. The van der Waals surface area contributed by atoms with Gasteiger partial charge in [0.05, 0.1) is 12.0 Å². The minimum atomic E-state index is -3.44. The summed E-state index contributed by atoms with van der Waals surface area (Å²) < 4.78 is 30.9. The molecule has 0 unspecified atom stereocenters. The zero-order valence-corrected chi connectivity index (χ0v) is 17.1. The number of thiocarbonyl (C=S) groups is 1. The van der Waals surface area contributed by atoms with Crippen LogP contribution >= 0.6 is 12.2 Å². The van der Waals surface area contributed by atoms with E-state index < -0.39 is 10.0 Å². The van der Waals surface area contributed by atoms with Crippen LogP contribution in [0.4, 0.5) is 0 Å². The SMILES string of the molecule is CCN(CC)S(=O)(=O)c1ccc(CNC(=S)NCCCC(=O)OC)cc1. The number of nitrogens with zero attached hydrogens (tertiary/aromatic N) is 1. The van der Waals surface area contributed by atoms with Crippen molar-refractivity contribution in [1.29, 1.82) is 0 Å². The van der Waals surface area contributed by atoms with E-state index in [0.717, 1.165) is 5.56 Å². The average molecular weight is 402 g/mol. The highest BCUT2D eigenvalue weighted by atomic mass is 32.2. The van der Waals surface area contributed by atoms with E-state index >= 15 is 0 Å². The maximum Gasteiger partial charge on any atom is 0.305 e. The first kappa shape index (κ1) is 22.3. The van der Waals surface area contributed by atoms with Crippen molar-refractivity contribution in [3.8, 4) is 0 Å². The van der Waals surface area contributed by atoms with Gasteiger partial charge in [-0.3, -0.25) is 4.79 Å². The molecular weight excluding hydrogens is 374 g/mol. The van der Waals surface area contributed by atoms with Crippen molar-refractivity contribution in [2.45, 2.75) is 38.1 Å². The number of nitrogens with one attached hydrogen (secondary N) is 2. The Balaban J connectivity index is 2.48. The van der Waals surface area contributed by atoms with E-state index in [9.17, 15) is 13.2 Å². The Kier molecular flexibility index (Phi) is 9.53. The van der Waals surface area contributed by atoms with Crippen LogP contribution in [0.15, 0.2) is 29.2 Å². The first-order valence-corrected chi connectivity index (χ1v) is 10.4. The summed E-state index contributed by atoms with van der Waals surface area (Å²) in [5.41, 5.74) is 0.919. The number of benzene rings is 1. The molecule has 2 N–H and O–H groups in total. The smallest absolute Gasteiger partial charge is 0.305 e. The Morgan fingerprint density at radius 3 is 2.31 bits per heavy atom. The number of esters is 1. The molecule has 26 heavy (non-hydrogen) atoms. The average Bonchev–Trinajstić information content (AvgIpc) is 2.64. The predicted octanol–water partition coefficient (Wildman–Crippen LogP) is 1.63. The molecule has 0 spiro atoms. The van der Waals surface area contributed by atoms with Gasteiger partial charge in [-0.15, -0.1) is 0 Å². The standard InChI is InChI=1S/C17H27N3O4S2/c1-4-20(5-2)26(22,23)15-10-8-14(9-11-15)13-19-17(25)18-12-6-7-16(21)24-3/h8-11H,4-7,12-13H2,1-3H3,(H2,18,19,25). The fraction of sp³-hybridized carbons (Fsp3) is 0.529. The lowest BCUT2D eigenvalue weighted by Crippen LogP contribution is -2.35. The van der Waals surface area contributed by atoms with E-state index in [0.29, 0.717) is 44.1 Å². The fourth-order valence-electron chi connectivity index (χ4n) is 2.27. The van der Waals surface area contributed by atoms with Gasteiger partial charge in [0.1, 0.15) is 0 Å². The summed E-state index contributed by atoms with van der Waals surface area (Å²) >= 11 is 5.17. The maximum absolute atomic E-state index is 12.4. The van der Waals surface area contributed by atoms with Gasteiger partial charge in [0.15, 0.2) is 5.11 Å². The molecule has 0 fully saturated rings. The van der Waals surface area contributed by atoms with Crippen LogP contribution < -0.4 is 10.6 Å². The van der Waals surface area contributed by atoms with Gasteiger partial charge >= 0.3 is 5.97 Å². The van der Waals surface area contributed by atoms with E-state index in [2.05, 4.69) is 15.4 Å². The third-order valence-corrected chi connectivity index (χ3v) is 6.14. The van der Waals surface area contributed by atoms with Gasteiger partial charge in [-0.2, -0.15) is 4.31 Å². The molecule has 0 aromatic heterocycles. The maximum atomic E-state index is 12.4. The van der Waals surface area contributed by atoms with Crippen molar-refractivity contribution in [2.75, 3.05) is 26.7 Å². The normalized spacial score (nSPS) is 11.2. The van der Waals surface area contributed by atoms with Gasteiger partial charge in [0.25, 0.3) is 0 Å². The summed E-state index contributed by atoms with van der Waals surface area (Å²) in [6, 6.07) is 6.75. The van der Waals surface area contributed by atoms with Crippen LogP contribution in [-0.4, -0.2) is 50.5 Å². The quantitative estimate of drug-likeness (QED) is 0.350. The van der Waals surface area contributed by atoms with E-state index in [1.165, 1.54) is 11.4 Å². The molecule has 0 amide bonds. The second kappa shape index (κ2) is 11.1. The van der Waals surface area contributed by atoms with Crippen LogP contribution in [0, 0.1) is 0 Å². The summed E-state index contributed by atoms with van der Waals surface area (Å²) in [4.78, 5) is 11.3. The van der Waals surface area contributed by atoms with E-state index in [1.54, 1.807) is 24.3 Å². The van der Waals surface area contributed by atoms with Crippen molar-refractivity contribution < 1.29 is 17.9 Å². The van der Waals surface area contributed by atoms with Gasteiger partial charge in [0, 0.05) is 32.6 Å². The van der Waals surface area contributed by atoms with Crippen molar-refractivity contribution in [3.63, 3.8) is 0 Å². The Morgan fingerprint density at radius 2 is 1.77 bits per heavy atom. The van der Waals surface area contributed by atoms with Crippen molar-refractivity contribution >= 4 is 33.3 Å².